The number of hydrogen-bond acceptors (Lipinski definition) is 4. The van der Waals surface area contributed by atoms with Crippen molar-refractivity contribution in [3.8, 4) is 0 Å². The van der Waals surface area contributed by atoms with Gasteiger partial charge in [-0.15, -0.1) is 35.3 Å². The Balaban J connectivity index is 0.00000364. The second-order valence-corrected chi connectivity index (χ2v) is 7.74. The smallest absolute Gasteiger partial charge is 0.243 e. The van der Waals surface area contributed by atoms with Crippen molar-refractivity contribution < 1.29 is 9.59 Å². The van der Waals surface area contributed by atoms with Crippen molar-refractivity contribution in [3.63, 3.8) is 0 Å². The van der Waals surface area contributed by atoms with Gasteiger partial charge in [-0.1, -0.05) is 6.07 Å². The highest BCUT2D eigenvalue weighted by molar-refractivity contribution is 14.0. The minimum Gasteiger partial charge on any atom is -0.354 e. The summed E-state index contributed by atoms with van der Waals surface area (Å²) in [6.07, 6.45) is 1.74. The van der Waals surface area contributed by atoms with Crippen molar-refractivity contribution in [2.45, 2.75) is 38.8 Å². The minimum atomic E-state index is -0.0405. The average Bonchev–Trinajstić information content (AvgIpc) is 3.14. The first-order valence-corrected chi connectivity index (χ1v) is 9.81. The molecule has 2 amide bonds. The van der Waals surface area contributed by atoms with E-state index in [4.69, 9.17) is 0 Å². The summed E-state index contributed by atoms with van der Waals surface area (Å²) in [5.74, 6) is 0.724. The van der Waals surface area contributed by atoms with E-state index in [9.17, 15) is 9.59 Å². The predicted molar refractivity (Wildman–Crippen MR) is 121 cm³/mol. The van der Waals surface area contributed by atoms with Gasteiger partial charge < -0.3 is 20.4 Å². The lowest BCUT2D eigenvalue weighted by Crippen LogP contribution is -2.50. The Morgan fingerprint density at radius 1 is 1.37 bits per heavy atom. The van der Waals surface area contributed by atoms with Crippen LogP contribution in [0.2, 0.25) is 0 Å². The molecule has 7 nitrogen and oxygen atoms in total. The number of hydrogen-bond donors (Lipinski definition) is 2. The highest BCUT2D eigenvalue weighted by atomic mass is 127. The van der Waals surface area contributed by atoms with Gasteiger partial charge in [0, 0.05) is 45.0 Å². The van der Waals surface area contributed by atoms with Crippen LogP contribution in [0.3, 0.4) is 0 Å². The fourth-order valence-electron chi connectivity index (χ4n) is 2.77. The third-order valence-corrected chi connectivity index (χ3v) is 5.53. The molecule has 0 radical (unpaired) electrons. The monoisotopic (exact) mass is 507 g/mol. The zero-order valence-electron chi connectivity index (χ0n) is 16.4. The summed E-state index contributed by atoms with van der Waals surface area (Å²) in [5.41, 5.74) is 0. The number of nitrogens with zero attached hydrogens (tertiary/aromatic N) is 3. The molecule has 1 aromatic rings. The Morgan fingerprint density at radius 3 is 2.56 bits per heavy atom. The van der Waals surface area contributed by atoms with Crippen LogP contribution in [0.4, 0.5) is 0 Å². The van der Waals surface area contributed by atoms with E-state index < -0.39 is 0 Å². The molecular weight excluding hydrogens is 477 g/mol. The van der Waals surface area contributed by atoms with E-state index in [0.29, 0.717) is 5.96 Å². The standard InChI is InChI=1S/C18H29N5O2S.HI/c1-13(16-6-5-11-26-16)20-18(19-12-17(25)22(3)4)21-15-7-9-23(10-8-15)14(2)24;/h5-6,11,13,15H,7-10,12H2,1-4H3,(H2,19,20,21);1H. The second-order valence-electron chi connectivity index (χ2n) is 6.76. The molecule has 1 aliphatic heterocycles. The van der Waals surface area contributed by atoms with E-state index in [1.807, 2.05) is 16.3 Å². The Hall–Kier alpha value is -1.36. The van der Waals surface area contributed by atoms with Gasteiger partial charge in [-0.25, -0.2) is 4.99 Å². The second kappa shape index (κ2) is 11.5. The predicted octanol–water partition coefficient (Wildman–Crippen LogP) is 2.06. The number of piperidine rings is 1. The van der Waals surface area contributed by atoms with E-state index in [-0.39, 0.29) is 54.4 Å². The highest BCUT2D eigenvalue weighted by Crippen LogP contribution is 2.18. The van der Waals surface area contributed by atoms with Crippen molar-refractivity contribution in [1.29, 1.82) is 0 Å². The van der Waals surface area contributed by atoms with E-state index >= 15 is 0 Å². The number of nitrogens with one attached hydrogen (secondary N) is 2. The number of guanidine groups is 1. The average molecular weight is 507 g/mol. The molecule has 27 heavy (non-hydrogen) atoms. The van der Waals surface area contributed by atoms with Gasteiger partial charge in [0.15, 0.2) is 5.96 Å². The molecule has 1 aliphatic rings. The number of halogens is 1. The van der Waals surface area contributed by atoms with Crippen molar-refractivity contribution in [1.82, 2.24) is 20.4 Å². The largest absolute Gasteiger partial charge is 0.354 e. The SMILES string of the molecule is CC(=O)N1CCC(NC(=NCC(=O)N(C)C)NC(C)c2cccs2)CC1.I. The molecule has 0 aliphatic carbocycles. The van der Waals surface area contributed by atoms with Crippen LogP contribution in [0.25, 0.3) is 0 Å². The zero-order chi connectivity index (χ0) is 19.1. The molecule has 0 spiro atoms. The number of rotatable bonds is 5. The number of thiophene rings is 1. The van der Waals surface area contributed by atoms with Gasteiger partial charge in [0.2, 0.25) is 11.8 Å². The molecule has 0 aromatic carbocycles. The Labute approximate surface area is 182 Å². The van der Waals surface area contributed by atoms with Crippen molar-refractivity contribution in [2.75, 3.05) is 33.7 Å². The van der Waals surface area contributed by atoms with Crippen LogP contribution in [-0.4, -0.2) is 67.3 Å². The van der Waals surface area contributed by atoms with Crippen LogP contribution in [-0.2, 0) is 9.59 Å². The number of carbonyl (C=O) groups is 2. The topological polar surface area (TPSA) is 77.0 Å². The molecule has 2 rings (SSSR count). The molecule has 0 bridgehead atoms. The molecule has 9 heteroatoms. The molecule has 1 fully saturated rings. The minimum absolute atomic E-state index is 0. The maximum atomic E-state index is 11.9. The van der Waals surface area contributed by atoms with Crippen LogP contribution < -0.4 is 10.6 Å². The van der Waals surface area contributed by atoms with Gasteiger partial charge in [0.1, 0.15) is 6.54 Å². The Kier molecular flexibility index (Phi) is 10.1. The molecule has 1 saturated heterocycles. The zero-order valence-corrected chi connectivity index (χ0v) is 19.5. The van der Waals surface area contributed by atoms with Crippen molar-refractivity contribution in [2.24, 2.45) is 4.99 Å². The summed E-state index contributed by atoms with van der Waals surface area (Å²) >= 11 is 1.69. The molecule has 1 unspecified atom stereocenters. The number of likely N-dealkylation sites (N-methyl/N-ethyl adjacent to an activating group) is 1. The summed E-state index contributed by atoms with van der Waals surface area (Å²) in [7, 11) is 3.45. The fraction of sp³-hybridized carbons (Fsp3) is 0.611. The van der Waals surface area contributed by atoms with E-state index in [1.165, 1.54) is 9.78 Å². The molecule has 2 N–H and O–H groups in total. The molecule has 1 atom stereocenters. The van der Waals surface area contributed by atoms with E-state index in [0.717, 1.165) is 25.9 Å². The van der Waals surface area contributed by atoms with Gasteiger partial charge >= 0.3 is 0 Å². The number of amides is 2. The summed E-state index contributed by atoms with van der Waals surface area (Å²) in [6, 6.07) is 4.45. The van der Waals surface area contributed by atoms with Gasteiger partial charge in [0.25, 0.3) is 0 Å². The number of aliphatic imine (C=N–C) groups is 1. The van der Waals surface area contributed by atoms with Gasteiger partial charge in [0.05, 0.1) is 6.04 Å². The van der Waals surface area contributed by atoms with Crippen LogP contribution in [0.5, 0.6) is 0 Å². The first kappa shape index (κ1) is 23.7. The Morgan fingerprint density at radius 2 is 2.04 bits per heavy atom. The van der Waals surface area contributed by atoms with E-state index in [2.05, 4.69) is 28.6 Å². The molecule has 0 saturated carbocycles. The summed E-state index contributed by atoms with van der Waals surface area (Å²) in [6.45, 7) is 5.29. The third kappa shape index (κ3) is 7.65. The van der Waals surface area contributed by atoms with Gasteiger partial charge in [-0.2, -0.15) is 0 Å². The van der Waals surface area contributed by atoms with Crippen LogP contribution in [0.15, 0.2) is 22.5 Å². The summed E-state index contributed by atoms with van der Waals surface area (Å²) in [5, 5.41) is 8.88. The molecule has 152 valence electrons. The molecular formula is C18H30IN5O2S. The lowest BCUT2D eigenvalue weighted by molar-refractivity contribution is -0.130. The van der Waals surface area contributed by atoms with Crippen LogP contribution in [0, 0.1) is 0 Å². The highest BCUT2D eigenvalue weighted by Gasteiger charge is 2.22. The normalized spacial score (nSPS) is 16.3. The summed E-state index contributed by atoms with van der Waals surface area (Å²) in [4.78, 5) is 32.5. The maximum absolute atomic E-state index is 11.9. The lowest BCUT2D eigenvalue weighted by Gasteiger charge is -2.33. The maximum Gasteiger partial charge on any atom is 0.243 e. The Bertz CT molecular complexity index is 628. The van der Waals surface area contributed by atoms with E-state index in [1.54, 1.807) is 32.4 Å². The number of likely N-dealkylation sites (tertiary alicyclic amines) is 1. The van der Waals surface area contributed by atoms with Crippen molar-refractivity contribution >= 4 is 53.1 Å². The third-order valence-electron chi connectivity index (χ3n) is 4.48. The quantitative estimate of drug-likeness (QED) is 0.364. The fourth-order valence-corrected chi connectivity index (χ4v) is 3.50. The summed E-state index contributed by atoms with van der Waals surface area (Å²) < 4.78 is 0. The van der Waals surface area contributed by atoms with Gasteiger partial charge in [-0.3, -0.25) is 9.59 Å². The van der Waals surface area contributed by atoms with Crippen LogP contribution >= 0.6 is 35.3 Å². The first-order chi connectivity index (χ1) is 12.4. The van der Waals surface area contributed by atoms with Crippen LogP contribution in [0.1, 0.15) is 37.6 Å². The lowest BCUT2D eigenvalue weighted by atomic mass is 10.1. The van der Waals surface area contributed by atoms with Gasteiger partial charge in [-0.05, 0) is 31.2 Å². The van der Waals surface area contributed by atoms with Crippen molar-refractivity contribution in [3.05, 3.63) is 22.4 Å². The first-order valence-electron chi connectivity index (χ1n) is 8.93. The molecule has 1 aromatic heterocycles. The number of carbonyl (C=O) groups excluding carboxylic acids is 2. The molecule has 2 heterocycles.